The van der Waals surface area contributed by atoms with Crippen molar-refractivity contribution in [3.05, 3.63) is 23.8 Å². The van der Waals surface area contributed by atoms with Crippen LogP contribution in [0.3, 0.4) is 0 Å². The molecule has 0 fully saturated rings. The highest BCUT2D eigenvalue weighted by Gasteiger charge is 2.25. The molecule has 0 aliphatic carbocycles. The summed E-state index contributed by atoms with van der Waals surface area (Å²) in [5.41, 5.74) is 0.963. The molecule has 6 heteroatoms. The summed E-state index contributed by atoms with van der Waals surface area (Å²) in [5, 5.41) is 3.14. The van der Waals surface area contributed by atoms with Crippen molar-refractivity contribution >= 4 is 34.8 Å². The highest BCUT2D eigenvalue weighted by molar-refractivity contribution is 6.66. The number of hydrogen-bond acceptors (Lipinski definition) is 3. The maximum atomic E-state index is 5.61. The normalized spacial score (nSPS) is 11.7. The molecule has 0 amide bonds. The molecule has 0 radical (unpaired) electrons. The molecule has 1 rings (SSSR count). The summed E-state index contributed by atoms with van der Waals surface area (Å²) in [4.78, 5) is 7.91. The molecule has 1 heterocycles. The van der Waals surface area contributed by atoms with Gasteiger partial charge in [-0.15, -0.1) is 0 Å². The van der Waals surface area contributed by atoms with Gasteiger partial charge in [-0.05, 0) is 6.54 Å². The SMILES string of the molecule is CCNCc1cnc(C(Cl)(Cl)Cl)nc1. The van der Waals surface area contributed by atoms with Crippen LogP contribution in [0.4, 0.5) is 0 Å². The highest BCUT2D eigenvalue weighted by atomic mass is 35.6. The van der Waals surface area contributed by atoms with E-state index in [0.29, 0.717) is 0 Å². The van der Waals surface area contributed by atoms with E-state index in [1.807, 2.05) is 6.92 Å². The molecule has 0 aromatic carbocycles. The van der Waals surface area contributed by atoms with E-state index < -0.39 is 3.79 Å². The largest absolute Gasteiger partial charge is 0.313 e. The smallest absolute Gasteiger partial charge is 0.250 e. The predicted octanol–water partition coefficient (Wildman–Crippen LogP) is 2.41. The number of hydrogen-bond donors (Lipinski definition) is 1. The van der Waals surface area contributed by atoms with Crippen LogP contribution in [0.25, 0.3) is 0 Å². The van der Waals surface area contributed by atoms with Crippen LogP contribution in [0.5, 0.6) is 0 Å². The monoisotopic (exact) mass is 253 g/mol. The van der Waals surface area contributed by atoms with Gasteiger partial charge in [-0.1, -0.05) is 41.7 Å². The summed E-state index contributed by atoms with van der Waals surface area (Å²) >= 11 is 16.8. The molecule has 1 aromatic rings. The second kappa shape index (κ2) is 5.12. The van der Waals surface area contributed by atoms with Crippen molar-refractivity contribution in [2.24, 2.45) is 0 Å². The standard InChI is InChI=1S/C8H10Cl3N3/c1-2-12-3-6-4-13-7(14-5-6)8(9,10)11/h4-5,12H,2-3H2,1H3. The van der Waals surface area contributed by atoms with Crippen molar-refractivity contribution in [1.82, 2.24) is 15.3 Å². The van der Waals surface area contributed by atoms with Gasteiger partial charge in [0.15, 0.2) is 5.82 Å². The summed E-state index contributed by atoms with van der Waals surface area (Å²) < 4.78 is -1.54. The lowest BCUT2D eigenvalue weighted by atomic mass is 10.3. The number of nitrogens with one attached hydrogen (secondary N) is 1. The average molecular weight is 255 g/mol. The lowest BCUT2D eigenvalue weighted by molar-refractivity contribution is 0.718. The van der Waals surface area contributed by atoms with E-state index in [2.05, 4.69) is 15.3 Å². The van der Waals surface area contributed by atoms with E-state index in [1.165, 1.54) is 0 Å². The third kappa shape index (κ3) is 3.58. The summed E-state index contributed by atoms with van der Waals surface area (Å²) in [6.45, 7) is 3.64. The van der Waals surface area contributed by atoms with Gasteiger partial charge >= 0.3 is 0 Å². The first-order chi connectivity index (χ1) is 6.54. The molecule has 0 bridgehead atoms. The summed E-state index contributed by atoms with van der Waals surface area (Å²) in [5.74, 6) is 0.197. The van der Waals surface area contributed by atoms with Gasteiger partial charge in [0.2, 0.25) is 3.79 Å². The van der Waals surface area contributed by atoms with Gasteiger partial charge in [0.25, 0.3) is 0 Å². The average Bonchev–Trinajstić information content (AvgIpc) is 2.14. The van der Waals surface area contributed by atoms with E-state index in [9.17, 15) is 0 Å². The van der Waals surface area contributed by atoms with E-state index in [4.69, 9.17) is 34.8 Å². The summed E-state index contributed by atoms with van der Waals surface area (Å²) in [6.07, 6.45) is 3.29. The van der Waals surface area contributed by atoms with E-state index >= 15 is 0 Å². The Hall–Kier alpha value is -0.0900. The molecule has 14 heavy (non-hydrogen) atoms. The Morgan fingerprint density at radius 1 is 1.29 bits per heavy atom. The molecule has 0 saturated heterocycles. The van der Waals surface area contributed by atoms with Crippen LogP contribution in [0.2, 0.25) is 0 Å². The fraction of sp³-hybridized carbons (Fsp3) is 0.500. The third-order valence-corrected chi connectivity index (χ3v) is 2.05. The zero-order valence-electron chi connectivity index (χ0n) is 7.60. The maximum absolute atomic E-state index is 5.61. The minimum atomic E-state index is -1.54. The zero-order chi connectivity index (χ0) is 10.6. The second-order valence-electron chi connectivity index (χ2n) is 2.69. The van der Waals surface area contributed by atoms with Crippen LogP contribution in [0, 0.1) is 0 Å². The predicted molar refractivity (Wildman–Crippen MR) is 58.6 cm³/mol. The topological polar surface area (TPSA) is 37.8 Å². The molecule has 78 valence electrons. The number of aromatic nitrogens is 2. The molecule has 1 N–H and O–H groups in total. The number of alkyl halides is 3. The van der Waals surface area contributed by atoms with Gasteiger partial charge in [0.1, 0.15) is 0 Å². The lowest BCUT2D eigenvalue weighted by Gasteiger charge is -2.08. The molecule has 0 spiro atoms. The van der Waals surface area contributed by atoms with Crippen molar-refractivity contribution in [2.45, 2.75) is 17.3 Å². The maximum Gasteiger partial charge on any atom is 0.250 e. The van der Waals surface area contributed by atoms with Crippen molar-refractivity contribution in [3.63, 3.8) is 0 Å². The lowest BCUT2D eigenvalue weighted by Crippen LogP contribution is -2.13. The summed E-state index contributed by atoms with van der Waals surface area (Å²) in [6, 6.07) is 0. The van der Waals surface area contributed by atoms with Gasteiger partial charge in [-0.25, -0.2) is 9.97 Å². The molecule has 0 atom stereocenters. The Kier molecular flexibility index (Phi) is 4.38. The van der Waals surface area contributed by atoms with Crippen molar-refractivity contribution in [1.29, 1.82) is 0 Å². The van der Waals surface area contributed by atoms with Gasteiger partial charge in [0.05, 0.1) is 0 Å². The first-order valence-corrected chi connectivity index (χ1v) is 5.26. The van der Waals surface area contributed by atoms with Crippen LogP contribution < -0.4 is 5.32 Å². The van der Waals surface area contributed by atoms with Crippen LogP contribution in [0.15, 0.2) is 12.4 Å². The van der Waals surface area contributed by atoms with Crippen LogP contribution in [0.1, 0.15) is 18.3 Å². The first-order valence-electron chi connectivity index (χ1n) is 4.13. The summed E-state index contributed by atoms with van der Waals surface area (Å²) in [7, 11) is 0. The van der Waals surface area contributed by atoms with Gasteiger partial charge in [-0.2, -0.15) is 0 Å². The second-order valence-corrected chi connectivity index (χ2v) is 4.97. The molecular weight excluding hydrogens is 244 g/mol. The molecule has 3 nitrogen and oxygen atoms in total. The minimum Gasteiger partial charge on any atom is -0.313 e. The van der Waals surface area contributed by atoms with Gasteiger partial charge in [-0.3, -0.25) is 0 Å². The Morgan fingerprint density at radius 2 is 1.86 bits per heavy atom. The Bertz CT molecular complexity index is 281. The molecular formula is C8H10Cl3N3. The fourth-order valence-corrected chi connectivity index (χ4v) is 1.15. The Labute approximate surface area is 97.8 Å². The van der Waals surface area contributed by atoms with Crippen molar-refractivity contribution in [3.8, 4) is 0 Å². The van der Waals surface area contributed by atoms with Crippen LogP contribution >= 0.6 is 34.8 Å². The number of nitrogens with zero attached hydrogens (tertiary/aromatic N) is 2. The fourth-order valence-electron chi connectivity index (χ4n) is 0.862. The zero-order valence-corrected chi connectivity index (χ0v) is 9.87. The molecule has 0 saturated carbocycles. The third-order valence-electron chi connectivity index (χ3n) is 1.54. The molecule has 0 aliphatic rings. The minimum absolute atomic E-state index is 0.197. The Morgan fingerprint density at radius 3 is 2.29 bits per heavy atom. The Balaban J connectivity index is 2.69. The van der Waals surface area contributed by atoms with E-state index in [0.717, 1.165) is 18.7 Å². The van der Waals surface area contributed by atoms with Crippen molar-refractivity contribution in [2.75, 3.05) is 6.54 Å². The molecule has 1 aromatic heterocycles. The van der Waals surface area contributed by atoms with Gasteiger partial charge in [0, 0.05) is 24.5 Å². The van der Waals surface area contributed by atoms with Crippen LogP contribution in [-0.2, 0) is 10.3 Å². The quantitative estimate of drug-likeness (QED) is 0.842. The van der Waals surface area contributed by atoms with Gasteiger partial charge < -0.3 is 5.32 Å². The first kappa shape index (κ1) is 12.0. The van der Waals surface area contributed by atoms with Crippen molar-refractivity contribution < 1.29 is 0 Å². The van der Waals surface area contributed by atoms with Crippen LogP contribution in [-0.4, -0.2) is 16.5 Å². The highest BCUT2D eigenvalue weighted by Crippen LogP contribution is 2.35. The number of halogens is 3. The molecule has 0 aliphatic heterocycles. The van der Waals surface area contributed by atoms with E-state index in [1.54, 1.807) is 12.4 Å². The van der Waals surface area contributed by atoms with E-state index in [-0.39, 0.29) is 5.82 Å². The molecule has 0 unspecified atom stereocenters. The number of rotatable bonds is 3.